The number of halogens is 1. The van der Waals surface area contributed by atoms with Crippen molar-refractivity contribution >= 4 is 11.6 Å². The van der Waals surface area contributed by atoms with Crippen LogP contribution in [0, 0.1) is 0 Å². The molecule has 0 atom stereocenters. The summed E-state index contributed by atoms with van der Waals surface area (Å²) < 4.78 is 5.00. The summed E-state index contributed by atoms with van der Waals surface area (Å²) >= 11 is 5.95. The van der Waals surface area contributed by atoms with Gasteiger partial charge in [-0.25, -0.2) is 4.79 Å². The predicted octanol–water partition coefficient (Wildman–Crippen LogP) is 2.96. The van der Waals surface area contributed by atoms with Gasteiger partial charge in [0.1, 0.15) is 5.76 Å². The summed E-state index contributed by atoms with van der Waals surface area (Å²) in [6.45, 7) is 0. The molecule has 2 nitrogen and oxygen atoms in total. The zero-order valence-electron chi connectivity index (χ0n) is 7.24. The third-order valence-electron chi connectivity index (χ3n) is 1.83. The lowest BCUT2D eigenvalue weighted by Crippen LogP contribution is -1.95. The van der Waals surface area contributed by atoms with Crippen LogP contribution in [0.5, 0.6) is 0 Å². The molecular formula is C11H7ClO2. The van der Waals surface area contributed by atoms with Crippen LogP contribution >= 0.6 is 11.6 Å². The molecule has 70 valence electrons. The van der Waals surface area contributed by atoms with E-state index >= 15 is 0 Å². The Morgan fingerprint density at radius 3 is 2.50 bits per heavy atom. The smallest absolute Gasteiger partial charge is 0.336 e. The van der Waals surface area contributed by atoms with Crippen molar-refractivity contribution < 1.29 is 4.42 Å². The van der Waals surface area contributed by atoms with Gasteiger partial charge in [0, 0.05) is 11.6 Å². The molecule has 0 amide bonds. The van der Waals surface area contributed by atoms with Crippen LogP contribution in [-0.4, -0.2) is 0 Å². The monoisotopic (exact) mass is 206 g/mol. The number of rotatable bonds is 1. The molecule has 0 radical (unpaired) electrons. The fourth-order valence-corrected chi connectivity index (χ4v) is 1.43. The van der Waals surface area contributed by atoms with E-state index in [1.165, 1.54) is 6.07 Å². The normalized spacial score (nSPS) is 10.1. The molecule has 1 aromatic heterocycles. The highest BCUT2D eigenvalue weighted by Gasteiger charge is 2.04. The third-order valence-corrected chi connectivity index (χ3v) is 2.16. The van der Waals surface area contributed by atoms with E-state index in [-0.39, 0.29) is 5.63 Å². The second kappa shape index (κ2) is 3.68. The van der Waals surface area contributed by atoms with E-state index < -0.39 is 0 Å². The van der Waals surface area contributed by atoms with Crippen molar-refractivity contribution in [3.05, 3.63) is 57.9 Å². The summed E-state index contributed by atoms with van der Waals surface area (Å²) in [5.41, 5.74) is 0.356. The minimum Gasteiger partial charge on any atom is -0.423 e. The van der Waals surface area contributed by atoms with Gasteiger partial charge in [-0.05, 0) is 18.2 Å². The fraction of sp³-hybridized carbons (Fsp3) is 0. The highest BCUT2D eigenvalue weighted by Crippen LogP contribution is 2.25. The summed E-state index contributed by atoms with van der Waals surface area (Å²) in [6.07, 6.45) is 0. The maximum atomic E-state index is 11.0. The first-order chi connectivity index (χ1) is 6.77. The molecular weight excluding hydrogens is 200 g/mol. The molecule has 0 spiro atoms. The first-order valence-electron chi connectivity index (χ1n) is 4.12. The van der Waals surface area contributed by atoms with Crippen LogP contribution in [0.3, 0.4) is 0 Å². The molecule has 0 fully saturated rings. The summed E-state index contributed by atoms with van der Waals surface area (Å²) in [7, 11) is 0. The minimum absolute atomic E-state index is 0.373. The Morgan fingerprint density at radius 1 is 1.00 bits per heavy atom. The molecule has 0 unspecified atom stereocenters. The van der Waals surface area contributed by atoms with E-state index in [0.29, 0.717) is 10.8 Å². The van der Waals surface area contributed by atoms with Gasteiger partial charge in [0.2, 0.25) is 0 Å². The lowest BCUT2D eigenvalue weighted by molar-refractivity contribution is 0.526. The molecule has 0 aliphatic heterocycles. The molecule has 0 saturated heterocycles. The Morgan fingerprint density at radius 2 is 1.79 bits per heavy atom. The van der Waals surface area contributed by atoms with Crippen molar-refractivity contribution in [1.29, 1.82) is 0 Å². The van der Waals surface area contributed by atoms with E-state index in [1.54, 1.807) is 24.3 Å². The molecule has 0 aliphatic carbocycles. The first kappa shape index (κ1) is 9.03. The summed E-state index contributed by atoms with van der Waals surface area (Å²) in [4.78, 5) is 11.0. The molecule has 2 rings (SSSR count). The molecule has 1 heterocycles. The second-order valence-corrected chi connectivity index (χ2v) is 3.20. The Balaban J connectivity index is 2.61. The average molecular weight is 207 g/mol. The van der Waals surface area contributed by atoms with Crippen molar-refractivity contribution in [3.63, 3.8) is 0 Å². The molecule has 3 heteroatoms. The van der Waals surface area contributed by atoms with Crippen LogP contribution in [0.15, 0.2) is 51.7 Å². The molecule has 2 aromatic rings. The molecule has 0 bridgehead atoms. The molecule has 1 aromatic carbocycles. The zero-order valence-corrected chi connectivity index (χ0v) is 7.99. The van der Waals surface area contributed by atoms with E-state index in [4.69, 9.17) is 16.0 Å². The maximum absolute atomic E-state index is 11.0. The fourth-order valence-electron chi connectivity index (χ4n) is 1.20. The molecule has 0 aliphatic rings. The van der Waals surface area contributed by atoms with Crippen LogP contribution in [0.25, 0.3) is 11.3 Å². The first-order valence-corrected chi connectivity index (χ1v) is 4.50. The van der Waals surface area contributed by atoms with Crippen LogP contribution in [0.1, 0.15) is 0 Å². The minimum atomic E-state index is -0.373. The van der Waals surface area contributed by atoms with Gasteiger partial charge in [-0.15, -0.1) is 0 Å². The lowest BCUT2D eigenvalue weighted by atomic mass is 10.1. The van der Waals surface area contributed by atoms with E-state index in [1.807, 2.05) is 12.1 Å². The van der Waals surface area contributed by atoms with E-state index in [9.17, 15) is 4.79 Å². The van der Waals surface area contributed by atoms with Crippen molar-refractivity contribution in [2.45, 2.75) is 0 Å². The lowest BCUT2D eigenvalue weighted by Gasteiger charge is -2.00. The van der Waals surface area contributed by atoms with Gasteiger partial charge in [0.15, 0.2) is 0 Å². The van der Waals surface area contributed by atoms with Gasteiger partial charge in [-0.3, -0.25) is 0 Å². The van der Waals surface area contributed by atoms with Gasteiger partial charge in [-0.1, -0.05) is 29.8 Å². The Hall–Kier alpha value is -1.54. The van der Waals surface area contributed by atoms with Crippen molar-refractivity contribution in [3.8, 4) is 11.3 Å². The van der Waals surface area contributed by atoms with Gasteiger partial charge >= 0.3 is 5.63 Å². The van der Waals surface area contributed by atoms with Gasteiger partial charge in [0.25, 0.3) is 0 Å². The van der Waals surface area contributed by atoms with Crippen LogP contribution in [0.2, 0.25) is 5.02 Å². The Kier molecular flexibility index (Phi) is 2.37. The van der Waals surface area contributed by atoms with E-state index in [2.05, 4.69) is 0 Å². The largest absolute Gasteiger partial charge is 0.423 e. The average Bonchev–Trinajstić information content (AvgIpc) is 2.18. The SMILES string of the molecule is O=c1cccc(-c2ccccc2Cl)o1. The van der Waals surface area contributed by atoms with Crippen molar-refractivity contribution in [2.24, 2.45) is 0 Å². The van der Waals surface area contributed by atoms with Crippen LogP contribution in [0.4, 0.5) is 0 Å². The van der Waals surface area contributed by atoms with Crippen LogP contribution in [-0.2, 0) is 0 Å². The highest BCUT2D eigenvalue weighted by molar-refractivity contribution is 6.33. The summed E-state index contributed by atoms with van der Waals surface area (Å²) in [6, 6.07) is 11.9. The molecule has 14 heavy (non-hydrogen) atoms. The van der Waals surface area contributed by atoms with Crippen LogP contribution < -0.4 is 5.63 Å². The standard InChI is InChI=1S/C11H7ClO2/c12-9-5-2-1-4-8(9)10-6-3-7-11(13)14-10/h1-7H. The number of benzene rings is 1. The van der Waals surface area contributed by atoms with Crippen molar-refractivity contribution in [1.82, 2.24) is 0 Å². The quantitative estimate of drug-likeness (QED) is 0.718. The van der Waals surface area contributed by atoms with Crippen molar-refractivity contribution in [2.75, 3.05) is 0 Å². The van der Waals surface area contributed by atoms with Gasteiger partial charge in [-0.2, -0.15) is 0 Å². The Labute approximate surface area is 85.8 Å². The van der Waals surface area contributed by atoms with E-state index in [0.717, 1.165) is 5.56 Å². The number of hydrogen-bond donors (Lipinski definition) is 0. The van der Waals surface area contributed by atoms with Gasteiger partial charge in [0.05, 0.1) is 5.02 Å². The zero-order chi connectivity index (χ0) is 9.97. The predicted molar refractivity (Wildman–Crippen MR) is 55.4 cm³/mol. The van der Waals surface area contributed by atoms with Gasteiger partial charge < -0.3 is 4.42 Å². The number of hydrogen-bond acceptors (Lipinski definition) is 2. The molecule has 0 N–H and O–H groups in total. The Bertz CT molecular complexity index is 502. The topological polar surface area (TPSA) is 30.2 Å². The second-order valence-electron chi connectivity index (χ2n) is 2.79. The summed E-state index contributed by atoms with van der Waals surface area (Å²) in [5, 5.41) is 0.571. The molecule has 0 saturated carbocycles. The third kappa shape index (κ3) is 1.70. The highest BCUT2D eigenvalue weighted by atomic mass is 35.5. The maximum Gasteiger partial charge on any atom is 0.336 e. The summed E-state index contributed by atoms with van der Waals surface area (Å²) in [5.74, 6) is 0.489.